The summed E-state index contributed by atoms with van der Waals surface area (Å²) < 4.78 is 12.6. The van der Waals surface area contributed by atoms with Gasteiger partial charge in [-0.2, -0.15) is 0 Å². The first-order chi connectivity index (χ1) is 12.1. The van der Waals surface area contributed by atoms with E-state index in [4.69, 9.17) is 20.4 Å². The number of rotatable bonds is 5. The summed E-state index contributed by atoms with van der Waals surface area (Å²) in [5.41, 5.74) is 3.74. The fourth-order valence-corrected chi connectivity index (χ4v) is 6.65. The first-order valence-electron chi connectivity index (χ1n) is 8.88. The molecule has 26 heavy (non-hydrogen) atoms. The van der Waals surface area contributed by atoms with Gasteiger partial charge in [0.1, 0.15) is 5.52 Å². The molecule has 0 bridgehead atoms. The summed E-state index contributed by atoms with van der Waals surface area (Å²) >= 11 is 6.50. The van der Waals surface area contributed by atoms with Gasteiger partial charge in [0.05, 0.1) is 14.2 Å². The fraction of sp³-hybridized carbons (Fsp3) is 0.350. The summed E-state index contributed by atoms with van der Waals surface area (Å²) in [4.78, 5) is 4.61. The molecule has 0 amide bonds. The van der Waals surface area contributed by atoms with Crippen LogP contribution in [0.3, 0.4) is 0 Å². The highest BCUT2D eigenvalue weighted by atomic mass is 35.5. The van der Waals surface area contributed by atoms with Crippen molar-refractivity contribution in [2.24, 2.45) is 0 Å². The number of hydrogen-bond donors (Lipinski definition) is 0. The highest BCUT2D eigenvalue weighted by Crippen LogP contribution is 2.35. The third-order valence-electron chi connectivity index (χ3n) is 4.17. The minimum atomic E-state index is -1.80. The molecule has 2 aromatic heterocycles. The highest BCUT2D eigenvalue weighted by molar-refractivity contribution is 6.91. The molecule has 0 N–H and O–H groups in total. The molecule has 138 valence electrons. The van der Waals surface area contributed by atoms with Gasteiger partial charge in [0.15, 0.2) is 19.1 Å². The Morgan fingerprint density at radius 2 is 1.65 bits per heavy atom. The van der Waals surface area contributed by atoms with Crippen molar-refractivity contribution >= 4 is 44.3 Å². The summed E-state index contributed by atoms with van der Waals surface area (Å²) in [6, 6.07) is 12.3. The van der Waals surface area contributed by atoms with Crippen molar-refractivity contribution in [2.75, 3.05) is 0 Å². The van der Waals surface area contributed by atoms with Crippen LogP contribution in [-0.4, -0.2) is 21.4 Å². The van der Waals surface area contributed by atoms with Gasteiger partial charge < -0.3 is 8.84 Å². The molecular weight excluding hydrogens is 378 g/mol. The predicted molar refractivity (Wildman–Crippen MR) is 115 cm³/mol. The van der Waals surface area contributed by atoms with Crippen molar-refractivity contribution in [2.45, 2.75) is 45.4 Å². The Kier molecular flexibility index (Phi) is 5.18. The van der Waals surface area contributed by atoms with Gasteiger partial charge in [-0.15, -0.1) is 0 Å². The predicted octanol–water partition coefficient (Wildman–Crippen LogP) is 5.97. The molecule has 0 radical (unpaired) electrons. The standard InChI is InChI=1S/C20H26ClNO2Si2/c1-25(2,3)19-16-18(23-20(19)21)15(12-13-22-16)17(24-26(4,5)6)14-10-8-7-9-11-14/h7-13,17H,1-6H3. The molecular formula is C20H26ClNO2Si2. The SMILES string of the molecule is C[Si](C)(C)OC(c1ccccc1)c1ccnc2c([Si](C)(C)C)c(Cl)oc12. The molecule has 0 aliphatic carbocycles. The molecule has 0 aliphatic heterocycles. The molecule has 0 spiro atoms. The van der Waals surface area contributed by atoms with Crippen LogP contribution in [0.5, 0.6) is 0 Å². The smallest absolute Gasteiger partial charge is 0.195 e. The molecule has 1 aromatic carbocycles. The van der Waals surface area contributed by atoms with Gasteiger partial charge in [0.25, 0.3) is 0 Å². The lowest BCUT2D eigenvalue weighted by Crippen LogP contribution is -2.38. The lowest BCUT2D eigenvalue weighted by atomic mass is 10.0. The van der Waals surface area contributed by atoms with Crippen LogP contribution >= 0.6 is 11.6 Å². The van der Waals surface area contributed by atoms with Crippen molar-refractivity contribution in [3.05, 3.63) is 58.9 Å². The van der Waals surface area contributed by atoms with E-state index in [2.05, 4.69) is 56.4 Å². The first-order valence-corrected chi connectivity index (χ1v) is 16.2. The Bertz CT molecular complexity index is 911. The van der Waals surface area contributed by atoms with Gasteiger partial charge in [-0.05, 0) is 42.9 Å². The molecule has 3 nitrogen and oxygen atoms in total. The van der Waals surface area contributed by atoms with Crippen molar-refractivity contribution < 1.29 is 8.84 Å². The van der Waals surface area contributed by atoms with E-state index in [1.165, 1.54) is 0 Å². The lowest BCUT2D eigenvalue weighted by molar-refractivity contribution is 0.239. The highest BCUT2D eigenvalue weighted by Gasteiger charge is 2.31. The van der Waals surface area contributed by atoms with Gasteiger partial charge in [-0.25, -0.2) is 0 Å². The maximum Gasteiger partial charge on any atom is 0.195 e. The van der Waals surface area contributed by atoms with Crippen LogP contribution in [0, 0.1) is 0 Å². The van der Waals surface area contributed by atoms with Crippen molar-refractivity contribution in [1.82, 2.24) is 4.98 Å². The number of furan rings is 1. The summed E-state index contributed by atoms with van der Waals surface area (Å²) in [7, 11) is -3.50. The van der Waals surface area contributed by atoms with Crippen molar-refractivity contribution in [3.63, 3.8) is 0 Å². The largest absolute Gasteiger partial charge is 0.443 e. The van der Waals surface area contributed by atoms with E-state index in [0.29, 0.717) is 5.22 Å². The molecule has 0 saturated heterocycles. The van der Waals surface area contributed by atoms with Crippen LogP contribution in [0.1, 0.15) is 17.2 Å². The van der Waals surface area contributed by atoms with Crippen LogP contribution in [0.25, 0.3) is 11.1 Å². The number of nitrogens with zero attached hydrogens (tertiary/aromatic N) is 1. The number of aromatic nitrogens is 1. The monoisotopic (exact) mass is 403 g/mol. The van der Waals surface area contributed by atoms with E-state index in [-0.39, 0.29) is 6.10 Å². The van der Waals surface area contributed by atoms with E-state index in [1.54, 1.807) is 0 Å². The number of halogens is 1. The third kappa shape index (κ3) is 3.96. The van der Waals surface area contributed by atoms with Crippen LogP contribution in [0.4, 0.5) is 0 Å². The summed E-state index contributed by atoms with van der Waals surface area (Å²) in [6.07, 6.45) is 1.65. The molecule has 0 fully saturated rings. The Balaban J connectivity index is 2.24. The summed E-state index contributed by atoms with van der Waals surface area (Å²) in [6.45, 7) is 13.4. The zero-order chi connectivity index (χ0) is 19.1. The second-order valence-electron chi connectivity index (χ2n) is 8.60. The topological polar surface area (TPSA) is 35.3 Å². The van der Waals surface area contributed by atoms with Crippen LogP contribution in [0.2, 0.25) is 44.5 Å². The van der Waals surface area contributed by atoms with Crippen molar-refractivity contribution in [3.8, 4) is 0 Å². The first kappa shape index (κ1) is 19.4. The number of hydrogen-bond acceptors (Lipinski definition) is 3. The van der Waals surface area contributed by atoms with Gasteiger partial charge >= 0.3 is 0 Å². The van der Waals surface area contributed by atoms with Crippen LogP contribution in [-0.2, 0) is 4.43 Å². The second kappa shape index (κ2) is 6.96. The number of benzene rings is 1. The zero-order valence-corrected chi connectivity index (χ0v) is 19.0. The van der Waals surface area contributed by atoms with Gasteiger partial charge in [0.2, 0.25) is 0 Å². The Morgan fingerprint density at radius 1 is 1.00 bits per heavy atom. The zero-order valence-electron chi connectivity index (χ0n) is 16.3. The maximum absolute atomic E-state index is 6.57. The summed E-state index contributed by atoms with van der Waals surface area (Å²) in [5.74, 6) is 0. The number of pyridine rings is 1. The average Bonchev–Trinajstić information content (AvgIpc) is 2.88. The van der Waals surface area contributed by atoms with E-state index in [1.807, 2.05) is 30.5 Å². The quantitative estimate of drug-likeness (QED) is 0.492. The molecule has 1 atom stereocenters. The molecule has 3 aromatic rings. The summed E-state index contributed by atoms with van der Waals surface area (Å²) in [5, 5.41) is 1.55. The number of fused-ring (bicyclic) bond motifs is 1. The molecule has 0 aliphatic rings. The van der Waals surface area contributed by atoms with E-state index in [0.717, 1.165) is 27.4 Å². The molecule has 1 unspecified atom stereocenters. The second-order valence-corrected chi connectivity index (χ2v) is 18.4. The Hall–Kier alpha value is -1.41. The molecule has 0 saturated carbocycles. The third-order valence-corrected chi connectivity index (χ3v) is 7.50. The van der Waals surface area contributed by atoms with Gasteiger partial charge in [-0.1, -0.05) is 50.0 Å². The molecule has 2 heterocycles. The minimum Gasteiger partial charge on any atom is -0.443 e. The Labute approximate surface area is 162 Å². The lowest BCUT2D eigenvalue weighted by Gasteiger charge is -2.27. The van der Waals surface area contributed by atoms with Gasteiger partial charge in [-0.3, -0.25) is 4.98 Å². The van der Waals surface area contributed by atoms with E-state index >= 15 is 0 Å². The average molecular weight is 404 g/mol. The van der Waals surface area contributed by atoms with E-state index < -0.39 is 16.4 Å². The fourth-order valence-electron chi connectivity index (χ4n) is 3.13. The van der Waals surface area contributed by atoms with Crippen LogP contribution in [0.15, 0.2) is 47.0 Å². The molecule has 3 rings (SSSR count). The molecule has 6 heteroatoms. The Morgan fingerprint density at radius 3 is 2.23 bits per heavy atom. The normalized spacial score (nSPS) is 14.0. The van der Waals surface area contributed by atoms with E-state index in [9.17, 15) is 0 Å². The van der Waals surface area contributed by atoms with Gasteiger partial charge in [0, 0.05) is 16.9 Å². The van der Waals surface area contributed by atoms with Crippen LogP contribution < -0.4 is 5.19 Å². The van der Waals surface area contributed by atoms with Crippen molar-refractivity contribution in [1.29, 1.82) is 0 Å². The minimum absolute atomic E-state index is 0.190. The maximum atomic E-state index is 6.57.